The smallest absolute Gasteiger partial charge is 0.407 e. The van der Waals surface area contributed by atoms with E-state index >= 15 is 0 Å². The number of ether oxygens (including phenoxy) is 1. The van der Waals surface area contributed by atoms with Gasteiger partial charge in [0, 0.05) is 23.7 Å². The fraction of sp³-hybridized carbons (Fsp3) is 0.526. The molecule has 0 bridgehead atoms. The number of alkyl carbamates (subject to hydrolysis) is 1. The van der Waals surface area contributed by atoms with Crippen molar-refractivity contribution >= 4 is 17.0 Å². The van der Waals surface area contributed by atoms with Crippen molar-refractivity contribution in [3.05, 3.63) is 35.8 Å². The summed E-state index contributed by atoms with van der Waals surface area (Å²) in [6.45, 7) is 10.7. The van der Waals surface area contributed by atoms with Crippen LogP contribution < -0.4 is 5.32 Å². The van der Waals surface area contributed by atoms with Gasteiger partial charge < -0.3 is 10.1 Å². The Bertz CT molecular complexity index is 740. The van der Waals surface area contributed by atoms with E-state index in [-0.39, 0.29) is 6.04 Å². The number of benzene rings is 1. The first-order valence-corrected chi connectivity index (χ1v) is 8.55. The zero-order valence-electron chi connectivity index (χ0n) is 16.0. The molecule has 1 unspecified atom stereocenters. The van der Waals surface area contributed by atoms with Crippen molar-refractivity contribution in [2.24, 2.45) is 0 Å². The van der Waals surface area contributed by atoms with Crippen LogP contribution in [0.4, 0.5) is 4.79 Å². The SMILES string of the molecule is Cc1nc(CN(C)C(C)CNC(=O)OC(C)(C)C)nc2ccccc12. The van der Waals surface area contributed by atoms with Gasteiger partial charge in [-0.25, -0.2) is 14.8 Å². The lowest BCUT2D eigenvalue weighted by atomic mass is 10.2. The Balaban J connectivity index is 1.95. The van der Waals surface area contributed by atoms with Crippen molar-refractivity contribution in [3.63, 3.8) is 0 Å². The second-order valence-electron chi connectivity index (χ2n) is 7.39. The molecular formula is C19H28N4O2. The van der Waals surface area contributed by atoms with E-state index in [1.807, 2.05) is 65.9 Å². The summed E-state index contributed by atoms with van der Waals surface area (Å²) in [5, 5.41) is 3.88. The molecule has 25 heavy (non-hydrogen) atoms. The normalized spacial score (nSPS) is 13.1. The van der Waals surface area contributed by atoms with Crippen LogP contribution in [0.2, 0.25) is 0 Å². The molecule has 6 nitrogen and oxygen atoms in total. The second kappa shape index (κ2) is 7.78. The maximum absolute atomic E-state index is 11.8. The molecule has 0 radical (unpaired) electrons. The number of carbonyl (C=O) groups is 1. The second-order valence-corrected chi connectivity index (χ2v) is 7.39. The zero-order valence-corrected chi connectivity index (χ0v) is 16.0. The number of fused-ring (bicyclic) bond motifs is 1. The Morgan fingerprint density at radius 2 is 1.96 bits per heavy atom. The van der Waals surface area contributed by atoms with Crippen molar-refractivity contribution in [1.82, 2.24) is 20.2 Å². The lowest BCUT2D eigenvalue weighted by Crippen LogP contribution is -2.42. The van der Waals surface area contributed by atoms with E-state index in [1.54, 1.807) is 0 Å². The van der Waals surface area contributed by atoms with E-state index < -0.39 is 11.7 Å². The van der Waals surface area contributed by atoms with Crippen molar-refractivity contribution in [1.29, 1.82) is 0 Å². The summed E-state index contributed by atoms with van der Waals surface area (Å²) in [7, 11) is 2.00. The zero-order chi connectivity index (χ0) is 18.6. The molecule has 6 heteroatoms. The Labute approximate surface area is 149 Å². The monoisotopic (exact) mass is 344 g/mol. The Kier molecular flexibility index (Phi) is 5.95. The molecule has 1 aromatic heterocycles. The summed E-state index contributed by atoms with van der Waals surface area (Å²) in [4.78, 5) is 23.1. The molecule has 1 aromatic carbocycles. The van der Waals surface area contributed by atoms with E-state index in [0.717, 1.165) is 22.4 Å². The molecule has 1 amide bonds. The van der Waals surface area contributed by atoms with Gasteiger partial charge in [-0.05, 0) is 47.7 Å². The Morgan fingerprint density at radius 1 is 1.28 bits per heavy atom. The Hall–Kier alpha value is -2.21. The van der Waals surface area contributed by atoms with E-state index in [9.17, 15) is 4.79 Å². The highest BCUT2D eigenvalue weighted by molar-refractivity contribution is 5.80. The first-order chi connectivity index (χ1) is 11.7. The predicted molar refractivity (Wildman–Crippen MR) is 99.4 cm³/mol. The van der Waals surface area contributed by atoms with E-state index in [1.165, 1.54) is 0 Å². The molecule has 2 aromatic rings. The van der Waals surface area contributed by atoms with Gasteiger partial charge in [0.15, 0.2) is 0 Å². The van der Waals surface area contributed by atoms with Gasteiger partial charge in [-0.15, -0.1) is 0 Å². The number of nitrogens with one attached hydrogen (secondary N) is 1. The number of likely N-dealkylation sites (N-methyl/N-ethyl adjacent to an activating group) is 1. The highest BCUT2D eigenvalue weighted by Gasteiger charge is 2.18. The average molecular weight is 344 g/mol. The van der Waals surface area contributed by atoms with Crippen LogP contribution >= 0.6 is 0 Å². The first-order valence-electron chi connectivity index (χ1n) is 8.55. The van der Waals surface area contributed by atoms with Gasteiger partial charge in [0.25, 0.3) is 0 Å². The number of amides is 1. The minimum absolute atomic E-state index is 0.128. The molecule has 0 aliphatic rings. The molecular weight excluding hydrogens is 316 g/mol. The van der Waals surface area contributed by atoms with Crippen molar-refractivity contribution in [3.8, 4) is 0 Å². The van der Waals surface area contributed by atoms with Crippen LogP contribution in [0.15, 0.2) is 24.3 Å². The van der Waals surface area contributed by atoms with Gasteiger partial charge in [0.2, 0.25) is 0 Å². The predicted octanol–water partition coefficient (Wildman–Crippen LogP) is 3.28. The third-order valence-electron chi connectivity index (χ3n) is 3.92. The van der Waals surface area contributed by atoms with Crippen LogP contribution in [0.5, 0.6) is 0 Å². The van der Waals surface area contributed by atoms with Crippen LogP contribution in [-0.4, -0.2) is 46.2 Å². The molecule has 0 saturated heterocycles. The third-order valence-corrected chi connectivity index (χ3v) is 3.92. The summed E-state index contributed by atoms with van der Waals surface area (Å²) < 4.78 is 5.26. The topological polar surface area (TPSA) is 67.4 Å². The quantitative estimate of drug-likeness (QED) is 0.901. The number of carbonyl (C=O) groups excluding carboxylic acids is 1. The van der Waals surface area contributed by atoms with Gasteiger partial charge in [-0.3, -0.25) is 4.90 Å². The van der Waals surface area contributed by atoms with Crippen molar-refractivity contribution < 1.29 is 9.53 Å². The molecule has 1 N–H and O–H groups in total. The first kappa shape index (κ1) is 19.1. The summed E-state index contributed by atoms with van der Waals surface area (Å²) in [5.41, 5.74) is 1.45. The maximum atomic E-state index is 11.8. The third kappa shape index (κ3) is 5.67. The number of aryl methyl sites for hydroxylation is 1. The summed E-state index contributed by atoms with van der Waals surface area (Å²) in [6, 6.07) is 8.14. The number of rotatable bonds is 5. The highest BCUT2D eigenvalue weighted by Crippen LogP contribution is 2.15. The lowest BCUT2D eigenvalue weighted by molar-refractivity contribution is 0.0512. The van der Waals surface area contributed by atoms with E-state index in [0.29, 0.717) is 13.1 Å². The molecule has 0 saturated carbocycles. The van der Waals surface area contributed by atoms with Gasteiger partial charge in [0.1, 0.15) is 11.4 Å². The molecule has 0 aliphatic carbocycles. The molecule has 0 fully saturated rings. The van der Waals surface area contributed by atoms with Crippen LogP contribution in [0.3, 0.4) is 0 Å². The summed E-state index contributed by atoms with van der Waals surface area (Å²) >= 11 is 0. The van der Waals surface area contributed by atoms with Crippen LogP contribution in [0, 0.1) is 6.92 Å². The number of para-hydroxylation sites is 1. The molecule has 0 spiro atoms. The summed E-state index contributed by atoms with van der Waals surface area (Å²) in [6.07, 6.45) is -0.398. The summed E-state index contributed by atoms with van der Waals surface area (Å²) in [5.74, 6) is 0.780. The molecule has 0 aliphatic heterocycles. The fourth-order valence-corrected chi connectivity index (χ4v) is 2.45. The van der Waals surface area contributed by atoms with Gasteiger partial charge >= 0.3 is 6.09 Å². The lowest BCUT2D eigenvalue weighted by Gasteiger charge is -2.25. The van der Waals surface area contributed by atoms with Crippen LogP contribution in [0.1, 0.15) is 39.2 Å². The minimum Gasteiger partial charge on any atom is -0.444 e. The van der Waals surface area contributed by atoms with Crippen LogP contribution in [0.25, 0.3) is 10.9 Å². The highest BCUT2D eigenvalue weighted by atomic mass is 16.6. The largest absolute Gasteiger partial charge is 0.444 e. The van der Waals surface area contributed by atoms with Crippen molar-refractivity contribution in [2.75, 3.05) is 13.6 Å². The number of hydrogen-bond donors (Lipinski definition) is 1. The molecule has 2 rings (SSSR count). The molecule has 1 atom stereocenters. The van der Waals surface area contributed by atoms with Crippen LogP contribution in [-0.2, 0) is 11.3 Å². The van der Waals surface area contributed by atoms with Gasteiger partial charge in [-0.1, -0.05) is 18.2 Å². The van der Waals surface area contributed by atoms with E-state index in [2.05, 4.69) is 20.2 Å². The van der Waals surface area contributed by atoms with Crippen molar-refractivity contribution in [2.45, 2.75) is 52.8 Å². The van der Waals surface area contributed by atoms with Gasteiger partial charge in [0.05, 0.1) is 12.1 Å². The number of aromatic nitrogens is 2. The Morgan fingerprint density at radius 3 is 2.64 bits per heavy atom. The average Bonchev–Trinajstić information content (AvgIpc) is 2.51. The molecule has 136 valence electrons. The fourth-order valence-electron chi connectivity index (χ4n) is 2.45. The van der Waals surface area contributed by atoms with E-state index in [4.69, 9.17) is 4.74 Å². The number of nitrogens with zero attached hydrogens (tertiary/aromatic N) is 3. The number of hydrogen-bond acceptors (Lipinski definition) is 5. The van der Waals surface area contributed by atoms with Gasteiger partial charge in [-0.2, -0.15) is 0 Å². The minimum atomic E-state index is -0.490. The maximum Gasteiger partial charge on any atom is 0.407 e. The standard InChI is InChI=1S/C19H28N4O2/c1-13(11-20-18(24)25-19(3,4)5)23(6)12-17-21-14(2)15-9-7-8-10-16(15)22-17/h7-10,13H,11-12H2,1-6H3,(H,20,24). The molecule has 1 heterocycles.